The maximum Gasteiger partial charge on any atom is 0.405 e. The lowest BCUT2D eigenvalue weighted by Crippen LogP contribution is -2.42. The molecule has 3 nitrogen and oxygen atoms in total. The number of nitrogens with zero attached hydrogens (tertiary/aromatic N) is 1. The second kappa shape index (κ2) is 5.34. The number of hydrogen-bond donors (Lipinski definition) is 1. The van der Waals surface area contributed by atoms with E-state index in [1.54, 1.807) is 0 Å². The van der Waals surface area contributed by atoms with Crippen LogP contribution in [-0.4, -0.2) is 43.2 Å². The van der Waals surface area contributed by atoms with Gasteiger partial charge in [-0.15, -0.1) is 0 Å². The van der Waals surface area contributed by atoms with Crippen molar-refractivity contribution in [3.63, 3.8) is 0 Å². The fourth-order valence-electron chi connectivity index (χ4n) is 1.58. The Kier molecular flexibility index (Phi) is 4.38. The highest BCUT2D eigenvalue weighted by Gasteiger charge is 2.28. The minimum Gasteiger partial charge on any atom is -0.346 e. The lowest BCUT2D eigenvalue weighted by Gasteiger charge is -2.25. The Bertz CT molecular complexity index is 212. The van der Waals surface area contributed by atoms with Crippen molar-refractivity contribution in [1.29, 1.82) is 0 Å². The van der Waals surface area contributed by atoms with Gasteiger partial charge in [-0.05, 0) is 25.9 Å². The van der Waals surface area contributed by atoms with Crippen LogP contribution in [0.4, 0.5) is 13.2 Å². The lowest BCUT2D eigenvalue weighted by molar-refractivity contribution is -0.139. The number of nitrogens with one attached hydrogen (secondary N) is 1. The molecule has 0 atom stereocenters. The summed E-state index contributed by atoms with van der Waals surface area (Å²) in [5, 5.41) is 1.86. The molecule has 6 heteroatoms. The van der Waals surface area contributed by atoms with Crippen LogP contribution >= 0.6 is 0 Å². The maximum atomic E-state index is 11.8. The fraction of sp³-hybridized carbons (Fsp3) is 0.889. The van der Waals surface area contributed by atoms with E-state index in [2.05, 4.69) is 0 Å². The molecule has 1 aliphatic heterocycles. The summed E-state index contributed by atoms with van der Waals surface area (Å²) in [4.78, 5) is 13.0. The highest BCUT2D eigenvalue weighted by Crippen LogP contribution is 2.12. The van der Waals surface area contributed by atoms with Gasteiger partial charge in [0, 0.05) is 0 Å². The number of carbonyl (C=O) groups excluding carboxylic acids is 1. The van der Waals surface area contributed by atoms with E-state index in [0.717, 1.165) is 32.4 Å². The van der Waals surface area contributed by atoms with Gasteiger partial charge >= 0.3 is 6.18 Å². The number of carbonyl (C=O) groups is 1. The third kappa shape index (κ3) is 5.61. The van der Waals surface area contributed by atoms with E-state index in [1.165, 1.54) is 0 Å². The van der Waals surface area contributed by atoms with Gasteiger partial charge in [-0.25, -0.2) is 0 Å². The summed E-state index contributed by atoms with van der Waals surface area (Å²) in [5.74, 6) is -0.547. The van der Waals surface area contributed by atoms with Crippen LogP contribution < -0.4 is 5.32 Å². The van der Waals surface area contributed by atoms with Crippen molar-refractivity contribution >= 4 is 5.91 Å². The summed E-state index contributed by atoms with van der Waals surface area (Å²) in [6.07, 6.45) is -1.14. The van der Waals surface area contributed by atoms with Gasteiger partial charge in [0.15, 0.2) is 0 Å². The molecule has 1 N–H and O–H groups in total. The summed E-state index contributed by atoms with van der Waals surface area (Å²) in [5.41, 5.74) is 0. The Hall–Kier alpha value is -0.780. The molecule has 0 radical (unpaired) electrons. The van der Waals surface area contributed by atoms with Crippen LogP contribution in [0.2, 0.25) is 0 Å². The van der Waals surface area contributed by atoms with Crippen LogP contribution in [0.5, 0.6) is 0 Å². The van der Waals surface area contributed by atoms with E-state index in [9.17, 15) is 18.0 Å². The quantitative estimate of drug-likeness (QED) is 0.780. The minimum atomic E-state index is -4.32. The van der Waals surface area contributed by atoms with Crippen LogP contribution in [0.15, 0.2) is 0 Å². The Morgan fingerprint density at radius 3 is 2.33 bits per heavy atom. The SMILES string of the molecule is O=C(CN1CCCCC1)NCC(F)(F)F. The average molecular weight is 224 g/mol. The Labute approximate surface area is 86.6 Å². The van der Waals surface area contributed by atoms with Gasteiger partial charge in [-0.2, -0.15) is 13.2 Å². The molecule has 1 heterocycles. The van der Waals surface area contributed by atoms with Crippen LogP contribution in [0.1, 0.15) is 19.3 Å². The topological polar surface area (TPSA) is 32.3 Å². The number of piperidine rings is 1. The van der Waals surface area contributed by atoms with Gasteiger partial charge < -0.3 is 5.32 Å². The van der Waals surface area contributed by atoms with E-state index in [1.807, 2.05) is 10.2 Å². The molecule has 0 aromatic rings. The lowest BCUT2D eigenvalue weighted by atomic mass is 10.1. The van der Waals surface area contributed by atoms with Crippen LogP contribution in [0.25, 0.3) is 0 Å². The molecule has 0 bridgehead atoms. The third-order valence-electron chi connectivity index (χ3n) is 2.30. The fourth-order valence-corrected chi connectivity index (χ4v) is 1.58. The average Bonchev–Trinajstić information content (AvgIpc) is 2.15. The standard InChI is InChI=1S/C9H15F3N2O/c10-9(11,12)7-13-8(15)6-14-4-2-1-3-5-14/h1-7H2,(H,13,15). The van der Waals surface area contributed by atoms with Gasteiger partial charge in [0.2, 0.25) is 5.91 Å². The molecule has 1 saturated heterocycles. The molecule has 1 fully saturated rings. The Morgan fingerprint density at radius 1 is 1.20 bits per heavy atom. The normalized spacial score (nSPS) is 18.9. The monoisotopic (exact) mass is 224 g/mol. The molecule has 1 aliphatic rings. The summed E-state index contributed by atoms with van der Waals surface area (Å²) >= 11 is 0. The molecule has 0 aromatic heterocycles. The molecule has 0 unspecified atom stereocenters. The van der Waals surface area contributed by atoms with Crippen LogP contribution in [-0.2, 0) is 4.79 Å². The van der Waals surface area contributed by atoms with Crippen LogP contribution in [0, 0.1) is 0 Å². The Balaban J connectivity index is 2.17. The first kappa shape index (κ1) is 12.3. The van der Waals surface area contributed by atoms with Crippen molar-refractivity contribution in [2.45, 2.75) is 25.4 Å². The molecule has 0 saturated carbocycles. The summed E-state index contributed by atoms with van der Waals surface area (Å²) in [6.45, 7) is 0.453. The highest BCUT2D eigenvalue weighted by atomic mass is 19.4. The second-order valence-electron chi connectivity index (χ2n) is 3.73. The van der Waals surface area contributed by atoms with Gasteiger partial charge in [-0.3, -0.25) is 9.69 Å². The number of amides is 1. The number of hydrogen-bond acceptors (Lipinski definition) is 2. The van der Waals surface area contributed by atoms with E-state index in [0.29, 0.717) is 0 Å². The largest absolute Gasteiger partial charge is 0.405 e. The molecular weight excluding hydrogens is 209 g/mol. The highest BCUT2D eigenvalue weighted by molar-refractivity contribution is 5.78. The molecule has 15 heavy (non-hydrogen) atoms. The predicted molar refractivity (Wildman–Crippen MR) is 49.4 cm³/mol. The van der Waals surface area contributed by atoms with Gasteiger partial charge in [0.1, 0.15) is 6.54 Å². The zero-order chi connectivity index (χ0) is 11.3. The second-order valence-corrected chi connectivity index (χ2v) is 3.73. The van der Waals surface area contributed by atoms with Crippen LogP contribution in [0.3, 0.4) is 0 Å². The summed E-state index contributed by atoms with van der Waals surface area (Å²) < 4.78 is 35.3. The minimum absolute atomic E-state index is 0.0794. The molecule has 0 spiro atoms. The first-order valence-electron chi connectivity index (χ1n) is 5.03. The number of likely N-dealkylation sites (tertiary alicyclic amines) is 1. The van der Waals surface area contributed by atoms with Crippen molar-refractivity contribution < 1.29 is 18.0 Å². The molecule has 1 amide bonds. The van der Waals surface area contributed by atoms with E-state index in [-0.39, 0.29) is 6.54 Å². The van der Waals surface area contributed by atoms with Crippen molar-refractivity contribution in [2.75, 3.05) is 26.2 Å². The molecule has 88 valence electrons. The molecular formula is C9H15F3N2O. The zero-order valence-corrected chi connectivity index (χ0v) is 8.44. The van der Waals surface area contributed by atoms with Crippen molar-refractivity contribution in [1.82, 2.24) is 10.2 Å². The molecule has 1 rings (SSSR count). The maximum absolute atomic E-state index is 11.8. The van der Waals surface area contributed by atoms with Gasteiger partial charge in [0.05, 0.1) is 6.54 Å². The summed E-state index contributed by atoms with van der Waals surface area (Å²) in [6, 6.07) is 0. The predicted octanol–water partition coefficient (Wildman–Crippen LogP) is 1.15. The molecule has 0 aromatic carbocycles. The Morgan fingerprint density at radius 2 is 1.80 bits per heavy atom. The zero-order valence-electron chi connectivity index (χ0n) is 8.44. The third-order valence-corrected chi connectivity index (χ3v) is 2.30. The molecule has 0 aliphatic carbocycles. The van der Waals surface area contributed by atoms with E-state index >= 15 is 0 Å². The number of rotatable bonds is 3. The van der Waals surface area contributed by atoms with Crippen molar-refractivity contribution in [3.8, 4) is 0 Å². The van der Waals surface area contributed by atoms with Gasteiger partial charge in [0.25, 0.3) is 0 Å². The van der Waals surface area contributed by atoms with Crippen molar-refractivity contribution in [2.24, 2.45) is 0 Å². The smallest absolute Gasteiger partial charge is 0.346 e. The number of halogens is 3. The first-order chi connectivity index (χ1) is 6.97. The first-order valence-corrected chi connectivity index (χ1v) is 5.03. The van der Waals surface area contributed by atoms with Gasteiger partial charge in [-0.1, -0.05) is 6.42 Å². The number of alkyl halides is 3. The summed E-state index contributed by atoms with van der Waals surface area (Å²) in [7, 11) is 0. The van der Waals surface area contributed by atoms with E-state index in [4.69, 9.17) is 0 Å². The van der Waals surface area contributed by atoms with E-state index < -0.39 is 18.6 Å². The van der Waals surface area contributed by atoms with Crippen molar-refractivity contribution in [3.05, 3.63) is 0 Å².